The molecule has 0 aliphatic heterocycles. The number of rotatable bonds is 5. The number of hydrogen-bond acceptors (Lipinski definition) is 3. The standard InChI is InChI=1S/C30H34GeN2S/c1-7-31(8-2,9-3)25-17-21(16-20-12-10-11-13-23(20)25)27-29-28(33-19-32-27)24-15-14-22(30(4,5)6)18-26(24)34-29/h10-19H,7-9H2,1-6H3. The molecule has 0 bridgehead atoms. The van der Waals surface area contributed by atoms with Crippen LogP contribution >= 0.6 is 11.3 Å². The zero-order chi connectivity index (χ0) is 24.1. The molecular weight excluding hydrogens is 493 g/mol. The molecule has 5 rings (SSSR count). The van der Waals surface area contributed by atoms with Crippen molar-refractivity contribution in [3.8, 4) is 11.3 Å². The van der Waals surface area contributed by atoms with Gasteiger partial charge in [0.25, 0.3) is 0 Å². The molecule has 34 heavy (non-hydrogen) atoms. The third-order valence-electron chi connectivity index (χ3n) is 7.86. The fraction of sp³-hybridized carbons (Fsp3) is 0.333. The number of thiophene rings is 1. The molecule has 2 nitrogen and oxygen atoms in total. The van der Waals surface area contributed by atoms with Gasteiger partial charge in [-0.2, -0.15) is 0 Å². The maximum absolute atomic E-state index is 4.87. The summed E-state index contributed by atoms with van der Waals surface area (Å²) in [5.74, 6) is 0. The van der Waals surface area contributed by atoms with E-state index < -0.39 is 13.3 Å². The van der Waals surface area contributed by atoms with E-state index in [2.05, 4.69) is 96.1 Å². The first-order chi connectivity index (χ1) is 16.3. The molecule has 0 aliphatic rings. The van der Waals surface area contributed by atoms with Gasteiger partial charge in [0.15, 0.2) is 0 Å². The zero-order valence-corrected chi connectivity index (χ0v) is 24.1. The third kappa shape index (κ3) is 3.77. The molecule has 0 amide bonds. The Morgan fingerprint density at radius 1 is 0.824 bits per heavy atom. The molecule has 0 saturated carbocycles. The molecule has 2 heterocycles. The van der Waals surface area contributed by atoms with Crippen LogP contribution in [-0.2, 0) is 5.41 Å². The second kappa shape index (κ2) is 8.76. The summed E-state index contributed by atoms with van der Waals surface area (Å²) in [6, 6.07) is 20.7. The molecule has 3 aromatic carbocycles. The Bertz CT molecular complexity index is 1500. The van der Waals surface area contributed by atoms with Crippen molar-refractivity contribution in [1.82, 2.24) is 9.97 Å². The van der Waals surface area contributed by atoms with Gasteiger partial charge in [0, 0.05) is 0 Å². The Morgan fingerprint density at radius 3 is 2.26 bits per heavy atom. The number of benzene rings is 3. The van der Waals surface area contributed by atoms with Gasteiger partial charge in [-0.15, -0.1) is 0 Å². The molecule has 0 saturated heterocycles. The zero-order valence-electron chi connectivity index (χ0n) is 21.2. The van der Waals surface area contributed by atoms with Crippen LogP contribution in [0.15, 0.2) is 60.9 Å². The molecule has 174 valence electrons. The van der Waals surface area contributed by atoms with Crippen molar-refractivity contribution in [2.24, 2.45) is 0 Å². The first-order valence-electron chi connectivity index (χ1n) is 12.5. The first-order valence-corrected chi connectivity index (χ1v) is 18.8. The average Bonchev–Trinajstić information content (AvgIpc) is 3.23. The SMILES string of the molecule is C[CH2][Ge]([CH2]C)([CH2]C)[c]1cc(-c2ncnc3c2sc2cc(C(C)(C)C)ccc23)cc2ccccc12. The van der Waals surface area contributed by atoms with Crippen LogP contribution < -0.4 is 4.40 Å². The molecule has 0 fully saturated rings. The van der Waals surface area contributed by atoms with Gasteiger partial charge in [-0.05, 0) is 0 Å². The van der Waals surface area contributed by atoms with Crippen LogP contribution in [0.3, 0.4) is 0 Å². The van der Waals surface area contributed by atoms with Gasteiger partial charge in [0.05, 0.1) is 0 Å². The average molecular weight is 527 g/mol. The Hall–Kier alpha value is -2.24. The maximum atomic E-state index is 4.87. The van der Waals surface area contributed by atoms with E-state index in [4.69, 9.17) is 9.97 Å². The van der Waals surface area contributed by atoms with Gasteiger partial charge in [-0.25, -0.2) is 0 Å². The van der Waals surface area contributed by atoms with Crippen LogP contribution in [0.4, 0.5) is 0 Å². The van der Waals surface area contributed by atoms with Crippen molar-refractivity contribution in [2.75, 3.05) is 0 Å². The van der Waals surface area contributed by atoms with Crippen LogP contribution in [0.25, 0.3) is 42.3 Å². The molecule has 0 radical (unpaired) electrons. The van der Waals surface area contributed by atoms with E-state index >= 15 is 0 Å². The van der Waals surface area contributed by atoms with Crippen LogP contribution in [0.1, 0.15) is 47.1 Å². The summed E-state index contributed by atoms with van der Waals surface area (Å²) in [6.45, 7) is 14.1. The van der Waals surface area contributed by atoms with Gasteiger partial charge in [-0.1, -0.05) is 0 Å². The summed E-state index contributed by atoms with van der Waals surface area (Å²) >= 11 is -0.366. The van der Waals surface area contributed by atoms with Crippen LogP contribution in [-0.4, -0.2) is 23.2 Å². The van der Waals surface area contributed by atoms with E-state index in [9.17, 15) is 0 Å². The summed E-state index contributed by atoms with van der Waals surface area (Å²) in [7, 11) is 0. The van der Waals surface area contributed by atoms with Gasteiger partial charge in [-0.3, -0.25) is 0 Å². The molecule has 0 unspecified atom stereocenters. The van der Waals surface area contributed by atoms with E-state index in [1.807, 2.05) is 11.3 Å². The number of aromatic nitrogens is 2. The fourth-order valence-corrected chi connectivity index (χ4v) is 14.9. The minimum absolute atomic E-state index is 0.127. The summed E-state index contributed by atoms with van der Waals surface area (Å²) in [5.41, 5.74) is 4.89. The predicted molar refractivity (Wildman–Crippen MR) is 153 cm³/mol. The summed E-state index contributed by atoms with van der Waals surface area (Å²) in [4.78, 5) is 9.61. The first kappa shape index (κ1) is 23.5. The summed E-state index contributed by atoms with van der Waals surface area (Å²) in [5, 5.41) is 7.98. The van der Waals surface area contributed by atoms with E-state index in [1.54, 1.807) is 10.7 Å². The predicted octanol–water partition coefficient (Wildman–Crippen LogP) is 8.68. The molecule has 0 N–H and O–H groups in total. The summed E-state index contributed by atoms with van der Waals surface area (Å²) < 4.78 is 4.14. The van der Waals surface area contributed by atoms with Crippen molar-refractivity contribution >= 4 is 60.1 Å². The molecule has 0 atom stereocenters. The van der Waals surface area contributed by atoms with Crippen LogP contribution in [0, 0.1) is 0 Å². The van der Waals surface area contributed by atoms with Crippen molar-refractivity contribution in [3.63, 3.8) is 0 Å². The molecular formula is C30H34GeN2S. The van der Waals surface area contributed by atoms with E-state index in [0.29, 0.717) is 0 Å². The van der Waals surface area contributed by atoms with Crippen molar-refractivity contribution in [3.05, 3.63) is 66.5 Å². The van der Waals surface area contributed by atoms with Crippen molar-refractivity contribution in [2.45, 2.75) is 62.7 Å². The van der Waals surface area contributed by atoms with Crippen LogP contribution in [0.5, 0.6) is 0 Å². The molecule has 0 aliphatic carbocycles. The van der Waals surface area contributed by atoms with Crippen LogP contribution in [0.2, 0.25) is 15.8 Å². The molecule has 0 spiro atoms. The van der Waals surface area contributed by atoms with E-state index in [0.717, 1.165) is 11.2 Å². The number of nitrogens with zero attached hydrogens (tertiary/aromatic N) is 2. The second-order valence-corrected chi connectivity index (χ2v) is 22.6. The number of fused-ring (bicyclic) bond motifs is 4. The van der Waals surface area contributed by atoms with Gasteiger partial charge >= 0.3 is 211 Å². The van der Waals surface area contributed by atoms with Crippen molar-refractivity contribution < 1.29 is 0 Å². The Labute approximate surface area is 209 Å². The quantitative estimate of drug-likeness (QED) is 0.214. The Kier molecular flexibility index (Phi) is 6.06. The van der Waals surface area contributed by atoms with E-state index in [1.165, 1.54) is 52.4 Å². The molecule has 4 heteroatoms. The topological polar surface area (TPSA) is 25.8 Å². The minimum atomic E-state index is -2.21. The van der Waals surface area contributed by atoms with Gasteiger partial charge < -0.3 is 0 Å². The normalized spacial score (nSPS) is 12.8. The van der Waals surface area contributed by atoms with Crippen molar-refractivity contribution in [1.29, 1.82) is 0 Å². The third-order valence-corrected chi connectivity index (χ3v) is 20.8. The Balaban J connectivity index is 1.80. The van der Waals surface area contributed by atoms with Gasteiger partial charge in [0.2, 0.25) is 0 Å². The monoisotopic (exact) mass is 528 g/mol. The molecule has 2 aromatic heterocycles. The summed E-state index contributed by atoms with van der Waals surface area (Å²) in [6.07, 6.45) is 1.75. The fourth-order valence-electron chi connectivity index (χ4n) is 5.45. The number of hydrogen-bond donors (Lipinski definition) is 0. The van der Waals surface area contributed by atoms with Gasteiger partial charge in [0.1, 0.15) is 0 Å². The molecule has 5 aromatic rings. The second-order valence-electron chi connectivity index (χ2n) is 10.5. The van der Waals surface area contributed by atoms with E-state index in [-0.39, 0.29) is 5.41 Å². The Morgan fingerprint density at radius 2 is 1.56 bits per heavy atom.